The minimum Gasteiger partial charge on any atom is -0.484 e. The van der Waals surface area contributed by atoms with Gasteiger partial charge in [-0.3, -0.25) is 9.59 Å². The summed E-state index contributed by atoms with van der Waals surface area (Å²) in [5.41, 5.74) is 0.156. The van der Waals surface area contributed by atoms with E-state index in [0.717, 1.165) is 6.42 Å². The van der Waals surface area contributed by atoms with Crippen molar-refractivity contribution in [2.24, 2.45) is 0 Å². The van der Waals surface area contributed by atoms with Gasteiger partial charge in [-0.2, -0.15) is 0 Å². The zero-order chi connectivity index (χ0) is 16.6. The van der Waals surface area contributed by atoms with Crippen LogP contribution in [-0.2, 0) is 4.79 Å². The molecule has 0 radical (unpaired) electrons. The van der Waals surface area contributed by atoms with Crippen molar-refractivity contribution in [1.29, 1.82) is 0 Å². The number of benzene rings is 1. The van der Waals surface area contributed by atoms with Crippen LogP contribution in [-0.4, -0.2) is 46.3 Å². The number of Topliss-reactive ketones (excluding diaryl/α,β-unsaturated/α-hetero) is 1. The van der Waals surface area contributed by atoms with Crippen LogP contribution in [0.2, 0.25) is 0 Å². The maximum absolute atomic E-state index is 12.5. The first-order valence-electron chi connectivity index (χ1n) is 8.86. The second-order valence-electron chi connectivity index (χ2n) is 7.16. The van der Waals surface area contributed by atoms with Gasteiger partial charge in [0.1, 0.15) is 11.4 Å². The second kappa shape index (κ2) is 6.43. The normalized spacial score (nSPS) is 26.7. The molecule has 128 valence electrons. The summed E-state index contributed by atoms with van der Waals surface area (Å²) in [6, 6.07) is 7.43. The van der Waals surface area contributed by atoms with Crippen molar-refractivity contribution in [3.8, 4) is 5.75 Å². The van der Waals surface area contributed by atoms with E-state index in [1.165, 1.54) is 25.7 Å². The molecule has 1 atom stereocenters. The molecule has 0 N–H and O–H groups in total. The molecule has 3 aliphatic rings. The molecule has 5 heteroatoms. The van der Waals surface area contributed by atoms with Crippen LogP contribution < -0.4 is 4.74 Å². The van der Waals surface area contributed by atoms with E-state index < -0.39 is 5.60 Å². The number of carbonyl (C=O) groups is 2. The van der Waals surface area contributed by atoms with Crippen LogP contribution >= 0.6 is 11.8 Å². The highest BCUT2D eigenvalue weighted by atomic mass is 32.2. The van der Waals surface area contributed by atoms with Crippen molar-refractivity contribution < 1.29 is 14.3 Å². The third kappa shape index (κ3) is 3.06. The number of para-hydroxylation sites is 1. The zero-order valence-corrected chi connectivity index (χ0v) is 14.6. The number of likely N-dealkylation sites (tertiary alicyclic amines) is 1. The van der Waals surface area contributed by atoms with Gasteiger partial charge in [-0.1, -0.05) is 25.0 Å². The van der Waals surface area contributed by atoms with E-state index in [2.05, 4.69) is 0 Å². The summed E-state index contributed by atoms with van der Waals surface area (Å²) in [4.78, 5) is 26.8. The van der Waals surface area contributed by atoms with Gasteiger partial charge in [-0.15, -0.1) is 11.8 Å². The Balaban J connectivity index is 1.39. The molecule has 0 aromatic heterocycles. The number of fused-ring (bicyclic) bond motifs is 1. The lowest BCUT2D eigenvalue weighted by molar-refractivity contribution is -0.128. The largest absolute Gasteiger partial charge is 0.484 e. The molecule has 1 aliphatic carbocycles. The minimum absolute atomic E-state index is 0.131. The lowest BCUT2D eigenvalue weighted by atomic mass is 9.89. The Kier molecular flexibility index (Phi) is 4.29. The summed E-state index contributed by atoms with van der Waals surface area (Å²) in [5, 5.41) is 0.657. The second-order valence-corrected chi connectivity index (χ2v) is 8.45. The Morgan fingerprint density at radius 3 is 2.92 bits per heavy atom. The molecule has 1 unspecified atom stereocenters. The number of hydrogen-bond donors (Lipinski definition) is 0. The Labute approximate surface area is 146 Å². The first-order valence-corrected chi connectivity index (χ1v) is 9.91. The van der Waals surface area contributed by atoms with E-state index in [1.807, 2.05) is 29.2 Å². The number of ketones is 1. The van der Waals surface area contributed by atoms with Crippen molar-refractivity contribution in [3.05, 3.63) is 29.8 Å². The van der Waals surface area contributed by atoms with Crippen LogP contribution in [0.4, 0.5) is 0 Å². The van der Waals surface area contributed by atoms with Crippen LogP contribution in [0, 0.1) is 0 Å². The van der Waals surface area contributed by atoms with Gasteiger partial charge in [0.2, 0.25) is 5.91 Å². The van der Waals surface area contributed by atoms with E-state index in [1.54, 1.807) is 11.8 Å². The van der Waals surface area contributed by atoms with Gasteiger partial charge in [0.25, 0.3) is 0 Å². The van der Waals surface area contributed by atoms with E-state index in [0.29, 0.717) is 41.8 Å². The monoisotopic (exact) mass is 345 g/mol. The Bertz CT molecular complexity index is 656. The van der Waals surface area contributed by atoms with Crippen molar-refractivity contribution >= 4 is 23.5 Å². The molecule has 0 bridgehead atoms. The maximum atomic E-state index is 12.5. The molecule has 1 aromatic rings. The minimum atomic E-state index is -0.515. The first kappa shape index (κ1) is 16.0. The van der Waals surface area contributed by atoms with Crippen LogP contribution in [0.5, 0.6) is 5.75 Å². The van der Waals surface area contributed by atoms with Gasteiger partial charge < -0.3 is 9.64 Å². The molecular formula is C19H23NO3S. The highest BCUT2D eigenvalue weighted by Crippen LogP contribution is 2.39. The van der Waals surface area contributed by atoms with Crippen molar-refractivity contribution in [2.45, 2.75) is 49.4 Å². The number of thioether (sulfide) groups is 1. The van der Waals surface area contributed by atoms with Crippen LogP contribution in [0.15, 0.2) is 24.3 Å². The average Bonchev–Trinajstić information content (AvgIpc) is 3.23. The van der Waals surface area contributed by atoms with Gasteiger partial charge in [0.15, 0.2) is 5.78 Å². The molecule has 1 saturated heterocycles. The topological polar surface area (TPSA) is 46.6 Å². The molecule has 24 heavy (non-hydrogen) atoms. The number of carbonyl (C=O) groups excluding carboxylic acids is 2. The first-order chi connectivity index (χ1) is 11.7. The van der Waals surface area contributed by atoms with Gasteiger partial charge in [0, 0.05) is 18.2 Å². The van der Waals surface area contributed by atoms with Gasteiger partial charge in [-0.25, -0.2) is 0 Å². The average molecular weight is 345 g/mol. The van der Waals surface area contributed by atoms with Gasteiger partial charge >= 0.3 is 0 Å². The molecule has 1 spiro atoms. The molecule has 1 saturated carbocycles. The van der Waals surface area contributed by atoms with Gasteiger partial charge in [-0.05, 0) is 25.0 Å². The van der Waals surface area contributed by atoms with E-state index in [-0.39, 0.29) is 11.7 Å². The summed E-state index contributed by atoms with van der Waals surface area (Å²) < 4.78 is 6.19. The number of ether oxygens (including phenoxy) is 1. The van der Waals surface area contributed by atoms with Crippen molar-refractivity contribution in [3.63, 3.8) is 0 Å². The number of rotatable bonds is 3. The molecule has 2 fully saturated rings. The molecule has 1 aromatic carbocycles. The third-order valence-corrected chi connectivity index (χ3v) is 6.77. The lowest BCUT2D eigenvalue weighted by Gasteiger charge is -2.34. The van der Waals surface area contributed by atoms with E-state index in [4.69, 9.17) is 4.74 Å². The van der Waals surface area contributed by atoms with Crippen LogP contribution in [0.3, 0.4) is 0 Å². The predicted molar refractivity (Wildman–Crippen MR) is 94.7 cm³/mol. The fourth-order valence-corrected chi connectivity index (χ4v) is 5.29. The molecule has 4 nitrogen and oxygen atoms in total. The predicted octanol–water partition coefficient (Wildman–Crippen LogP) is 3.30. The Morgan fingerprint density at radius 2 is 2.08 bits per heavy atom. The number of amides is 1. The lowest BCUT2D eigenvalue weighted by Crippen LogP contribution is -2.45. The molecule has 2 heterocycles. The van der Waals surface area contributed by atoms with E-state index in [9.17, 15) is 9.59 Å². The van der Waals surface area contributed by atoms with E-state index >= 15 is 0 Å². The molecular weight excluding hydrogens is 322 g/mol. The molecule has 1 amide bonds. The van der Waals surface area contributed by atoms with Crippen molar-refractivity contribution in [2.75, 3.05) is 18.8 Å². The highest BCUT2D eigenvalue weighted by Gasteiger charge is 2.46. The third-order valence-electron chi connectivity index (χ3n) is 5.41. The fourth-order valence-electron chi connectivity index (χ4n) is 4.06. The smallest absolute Gasteiger partial charge is 0.232 e. The highest BCUT2D eigenvalue weighted by molar-refractivity contribution is 8.00. The SMILES string of the molecule is O=C1CC2(CCN(C(=O)CSC3CCCC3)C2)Oc2ccccc21. The van der Waals surface area contributed by atoms with Crippen molar-refractivity contribution in [1.82, 2.24) is 4.90 Å². The Morgan fingerprint density at radius 1 is 1.29 bits per heavy atom. The summed E-state index contributed by atoms with van der Waals surface area (Å²) in [6.07, 6.45) is 6.21. The summed E-state index contributed by atoms with van der Waals surface area (Å²) in [7, 11) is 0. The molecule has 2 aliphatic heterocycles. The number of nitrogens with zero attached hydrogens (tertiary/aromatic N) is 1. The standard InChI is InChI=1S/C19H23NO3S/c21-16-11-19(23-17-8-4-3-7-15(16)17)9-10-20(13-19)18(22)12-24-14-5-1-2-6-14/h3-4,7-8,14H,1-2,5-6,9-13H2. The summed E-state index contributed by atoms with van der Waals surface area (Å²) >= 11 is 1.80. The van der Waals surface area contributed by atoms with Crippen LogP contribution in [0.25, 0.3) is 0 Å². The summed E-state index contributed by atoms with van der Waals surface area (Å²) in [6.45, 7) is 1.23. The van der Waals surface area contributed by atoms with Crippen LogP contribution in [0.1, 0.15) is 48.9 Å². The maximum Gasteiger partial charge on any atom is 0.232 e. The zero-order valence-electron chi connectivity index (χ0n) is 13.8. The summed E-state index contributed by atoms with van der Waals surface area (Å²) in [5.74, 6) is 1.55. The Hall–Kier alpha value is -1.49. The quantitative estimate of drug-likeness (QED) is 0.843. The van der Waals surface area contributed by atoms with Gasteiger partial charge in [0.05, 0.1) is 24.3 Å². The molecule has 4 rings (SSSR count). The number of hydrogen-bond acceptors (Lipinski definition) is 4. The fraction of sp³-hybridized carbons (Fsp3) is 0.579.